The van der Waals surface area contributed by atoms with Crippen LogP contribution in [0.5, 0.6) is 0 Å². The van der Waals surface area contributed by atoms with Gasteiger partial charge in [-0.1, -0.05) is 34.1 Å². The number of hydrogen-bond donors (Lipinski definition) is 1. The molecule has 1 amide bonds. The molecular formula is C11H10BrNOS. The third-order valence-electron chi connectivity index (χ3n) is 2.11. The zero-order valence-electron chi connectivity index (χ0n) is 8.00. The summed E-state index contributed by atoms with van der Waals surface area (Å²) in [5.41, 5.74) is 0.775. The molecule has 1 aromatic heterocycles. The predicted molar refractivity (Wildman–Crippen MR) is 68.0 cm³/mol. The van der Waals surface area contributed by atoms with Gasteiger partial charge in [0.15, 0.2) is 0 Å². The van der Waals surface area contributed by atoms with Crippen molar-refractivity contribution in [2.24, 2.45) is 0 Å². The van der Waals surface area contributed by atoms with E-state index in [0.717, 1.165) is 21.0 Å². The first kappa shape index (κ1) is 10.6. The molecule has 0 aliphatic carbocycles. The summed E-state index contributed by atoms with van der Waals surface area (Å²) in [5.74, 6) is 0.00639. The average Bonchev–Trinajstić information content (AvgIpc) is 2.69. The van der Waals surface area contributed by atoms with Gasteiger partial charge in [0.1, 0.15) is 0 Å². The van der Waals surface area contributed by atoms with Crippen molar-refractivity contribution in [2.75, 3.05) is 11.9 Å². The van der Waals surface area contributed by atoms with Crippen LogP contribution in [0.4, 0.5) is 0 Å². The fraction of sp³-hybridized carbons (Fsp3) is 0.182. The molecule has 1 heterocycles. The number of thiophene rings is 1. The Kier molecular flexibility index (Phi) is 3.38. The van der Waals surface area contributed by atoms with Crippen LogP contribution in [0, 0.1) is 0 Å². The summed E-state index contributed by atoms with van der Waals surface area (Å²) in [6, 6.07) is 7.95. The molecule has 0 aliphatic heterocycles. The van der Waals surface area contributed by atoms with E-state index < -0.39 is 0 Å². The molecule has 2 rings (SSSR count). The zero-order valence-corrected chi connectivity index (χ0v) is 10.4. The van der Waals surface area contributed by atoms with Crippen LogP contribution in [0.25, 0.3) is 10.1 Å². The van der Waals surface area contributed by atoms with Gasteiger partial charge in [0.05, 0.1) is 5.56 Å². The van der Waals surface area contributed by atoms with E-state index in [4.69, 9.17) is 0 Å². The maximum absolute atomic E-state index is 11.8. The Bertz CT molecular complexity index is 480. The van der Waals surface area contributed by atoms with E-state index >= 15 is 0 Å². The maximum atomic E-state index is 11.8. The quantitative estimate of drug-likeness (QED) is 0.862. The van der Waals surface area contributed by atoms with Crippen LogP contribution in [0.2, 0.25) is 0 Å². The highest BCUT2D eigenvalue weighted by molar-refractivity contribution is 9.09. The number of alkyl halides is 1. The van der Waals surface area contributed by atoms with Gasteiger partial charge in [-0.05, 0) is 6.07 Å². The minimum absolute atomic E-state index is 0.00639. The fourth-order valence-electron chi connectivity index (χ4n) is 1.41. The van der Waals surface area contributed by atoms with Crippen LogP contribution in [0.15, 0.2) is 29.6 Å². The summed E-state index contributed by atoms with van der Waals surface area (Å²) in [6.45, 7) is 0.656. The van der Waals surface area contributed by atoms with Gasteiger partial charge < -0.3 is 5.32 Å². The van der Waals surface area contributed by atoms with E-state index in [1.54, 1.807) is 11.3 Å². The SMILES string of the molecule is O=C(NCCBr)c1csc2ccccc12. The molecule has 78 valence electrons. The zero-order chi connectivity index (χ0) is 10.7. The molecule has 0 saturated carbocycles. The third-order valence-corrected chi connectivity index (χ3v) is 3.47. The molecule has 0 atom stereocenters. The summed E-state index contributed by atoms with van der Waals surface area (Å²) in [4.78, 5) is 11.8. The highest BCUT2D eigenvalue weighted by Crippen LogP contribution is 2.25. The molecular weight excluding hydrogens is 274 g/mol. The van der Waals surface area contributed by atoms with Crippen LogP contribution in [0.3, 0.4) is 0 Å². The smallest absolute Gasteiger partial charge is 0.252 e. The maximum Gasteiger partial charge on any atom is 0.252 e. The van der Waals surface area contributed by atoms with Crippen LogP contribution < -0.4 is 5.32 Å². The molecule has 0 spiro atoms. The van der Waals surface area contributed by atoms with Crippen molar-refractivity contribution in [1.29, 1.82) is 0 Å². The van der Waals surface area contributed by atoms with Gasteiger partial charge >= 0.3 is 0 Å². The summed E-state index contributed by atoms with van der Waals surface area (Å²) >= 11 is 4.88. The molecule has 1 N–H and O–H groups in total. The highest BCUT2D eigenvalue weighted by Gasteiger charge is 2.10. The van der Waals surface area contributed by atoms with Crippen LogP contribution in [-0.4, -0.2) is 17.8 Å². The number of carbonyl (C=O) groups excluding carboxylic acids is 1. The lowest BCUT2D eigenvalue weighted by Crippen LogP contribution is -2.24. The second-order valence-electron chi connectivity index (χ2n) is 3.09. The monoisotopic (exact) mass is 283 g/mol. The minimum atomic E-state index is 0.00639. The molecule has 0 fully saturated rings. The second kappa shape index (κ2) is 4.77. The van der Waals surface area contributed by atoms with E-state index in [9.17, 15) is 4.79 Å². The van der Waals surface area contributed by atoms with Gasteiger partial charge in [0.25, 0.3) is 5.91 Å². The summed E-state index contributed by atoms with van der Waals surface area (Å²) < 4.78 is 1.15. The molecule has 15 heavy (non-hydrogen) atoms. The van der Waals surface area contributed by atoms with E-state index in [-0.39, 0.29) is 5.91 Å². The number of amides is 1. The Morgan fingerprint density at radius 3 is 3.00 bits per heavy atom. The van der Waals surface area contributed by atoms with E-state index in [2.05, 4.69) is 21.2 Å². The topological polar surface area (TPSA) is 29.1 Å². The lowest BCUT2D eigenvalue weighted by Gasteiger charge is -2.00. The molecule has 4 heteroatoms. The van der Waals surface area contributed by atoms with Crippen molar-refractivity contribution in [1.82, 2.24) is 5.32 Å². The van der Waals surface area contributed by atoms with Crippen molar-refractivity contribution >= 4 is 43.3 Å². The van der Waals surface area contributed by atoms with E-state index in [1.165, 1.54) is 0 Å². The van der Waals surface area contributed by atoms with Gasteiger partial charge in [-0.3, -0.25) is 4.79 Å². The average molecular weight is 284 g/mol. The van der Waals surface area contributed by atoms with Crippen molar-refractivity contribution in [3.05, 3.63) is 35.2 Å². The molecule has 0 bridgehead atoms. The molecule has 0 unspecified atom stereocenters. The molecule has 0 saturated heterocycles. The van der Waals surface area contributed by atoms with Crippen molar-refractivity contribution < 1.29 is 4.79 Å². The first-order chi connectivity index (χ1) is 7.33. The standard InChI is InChI=1S/C11H10BrNOS/c12-5-6-13-11(14)9-7-15-10-4-2-1-3-8(9)10/h1-4,7H,5-6H2,(H,13,14). The second-order valence-corrected chi connectivity index (χ2v) is 4.79. The van der Waals surface area contributed by atoms with Crippen LogP contribution >= 0.6 is 27.3 Å². The number of rotatable bonds is 3. The van der Waals surface area contributed by atoms with Gasteiger partial charge in [-0.15, -0.1) is 11.3 Å². The minimum Gasteiger partial charge on any atom is -0.351 e. The summed E-state index contributed by atoms with van der Waals surface area (Å²) in [5, 5.41) is 6.57. The number of carbonyl (C=O) groups is 1. The summed E-state index contributed by atoms with van der Waals surface area (Å²) in [6.07, 6.45) is 0. The van der Waals surface area contributed by atoms with Gasteiger partial charge in [0, 0.05) is 27.3 Å². The van der Waals surface area contributed by atoms with Gasteiger partial charge in [-0.25, -0.2) is 0 Å². The van der Waals surface area contributed by atoms with Crippen LogP contribution in [0.1, 0.15) is 10.4 Å². The Morgan fingerprint density at radius 1 is 1.40 bits per heavy atom. The molecule has 0 aliphatic rings. The normalized spacial score (nSPS) is 10.5. The van der Waals surface area contributed by atoms with Crippen LogP contribution in [-0.2, 0) is 0 Å². The van der Waals surface area contributed by atoms with Crippen molar-refractivity contribution in [3.8, 4) is 0 Å². The Hall–Kier alpha value is -0.870. The third kappa shape index (κ3) is 2.21. The molecule has 2 aromatic rings. The number of fused-ring (bicyclic) bond motifs is 1. The lowest BCUT2D eigenvalue weighted by atomic mass is 10.2. The lowest BCUT2D eigenvalue weighted by molar-refractivity contribution is 0.0958. The number of benzene rings is 1. The Balaban J connectivity index is 2.31. The highest BCUT2D eigenvalue weighted by atomic mass is 79.9. The molecule has 1 aromatic carbocycles. The molecule has 0 radical (unpaired) electrons. The van der Waals surface area contributed by atoms with E-state index in [0.29, 0.717) is 6.54 Å². The number of nitrogens with one attached hydrogen (secondary N) is 1. The first-order valence-corrected chi connectivity index (χ1v) is 6.63. The van der Waals surface area contributed by atoms with Crippen molar-refractivity contribution in [2.45, 2.75) is 0 Å². The van der Waals surface area contributed by atoms with Crippen molar-refractivity contribution in [3.63, 3.8) is 0 Å². The summed E-state index contributed by atoms with van der Waals surface area (Å²) in [7, 11) is 0. The predicted octanol–water partition coefficient (Wildman–Crippen LogP) is 3.03. The number of halogens is 1. The molecule has 2 nitrogen and oxygen atoms in total. The first-order valence-electron chi connectivity index (χ1n) is 4.63. The number of hydrogen-bond acceptors (Lipinski definition) is 2. The van der Waals surface area contributed by atoms with E-state index in [1.807, 2.05) is 29.6 Å². The Morgan fingerprint density at radius 2 is 2.20 bits per heavy atom. The fourth-order valence-corrected chi connectivity index (χ4v) is 2.55. The van der Waals surface area contributed by atoms with Gasteiger partial charge in [0.2, 0.25) is 0 Å². The van der Waals surface area contributed by atoms with Gasteiger partial charge in [-0.2, -0.15) is 0 Å². The largest absolute Gasteiger partial charge is 0.351 e. The Labute approximate surface area is 100 Å².